The van der Waals surface area contributed by atoms with Crippen LogP contribution in [0.15, 0.2) is 88.9 Å². The summed E-state index contributed by atoms with van der Waals surface area (Å²) in [5.74, 6) is -1.62. The van der Waals surface area contributed by atoms with Crippen molar-refractivity contribution in [3.63, 3.8) is 0 Å². The number of hydrogen-bond acceptors (Lipinski definition) is 4. The summed E-state index contributed by atoms with van der Waals surface area (Å²) in [6.45, 7) is 0.288. The molecule has 1 saturated heterocycles. The number of nitrogens with one attached hydrogen (secondary N) is 1. The topological polar surface area (TPSA) is 75.7 Å². The molecule has 5 rings (SSSR count). The Bertz CT molecular complexity index is 1720. The van der Waals surface area contributed by atoms with E-state index in [1.54, 1.807) is 18.2 Å². The molecule has 0 spiro atoms. The molecular formula is C29H17BrClF3N2O4. The smallest absolute Gasteiger partial charge is 0.416 e. The maximum Gasteiger partial charge on any atom is 0.416 e. The predicted octanol–water partition coefficient (Wildman–Crippen LogP) is 7.52. The van der Waals surface area contributed by atoms with Gasteiger partial charge in [0.2, 0.25) is 0 Å². The molecular weight excluding hydrogens is 613 g/mol. The lowest BCUT2D eigenvalue weighted by atomic mass is 10.1. The van der Waals surface area contributed by atoms with Crippen LogP contribution < -0.4 is 15.0 Å². The van der Waals surface area contributed by atoms with Gasteiger partial charge in [-0.05, 0) is 74.2 Å². The second-order valence-electron chi connectivity index (χ2n) is 8.74. The lowest BCUT2D eigenvalue weighted by Gasteiger charge is -2.27. The highest BCUT2D eigenvalue weighted by molar-refractivity contribution is 9.10. The molecule has 1 N–H and O–H groups in total. The first-order valence-corrected chi connectivity index (χ1v) is 12.9. The van der Waals surface area contributed by atoms with Crippen LogP contribution in [0.5, 0.6) is 5.75 Å². The fourth-order valence-electron chi connectivity index (χ4n) is 4.20. The Hall–Kier alpha value is -4.15. The van der Waals surface area contributed by atoms with Gasteiger partial charge in [-0.3, -0.25) is 14.9 Å². The first-order valence-electron chi connectivity index (χ1n) is 11.7. The van der Waals surface area contributed by atoms with Gasteiger partial charge in [0.05, 0.1) is 20.7 Å². The van der Waals surface area contributed by atoms with Gasteiger partial charge in [0.15, 0.2) is 0 Å². The van der Waals surface area contributed by atoms with Crippen LogP contribution in [-0.2, 0) is 22.4 Å². The zero-order valence-corrected chi connectivity index (χ0v) is 22.6. The maximum absolute atomic E-state index is 13.3. The summed E-state index contributed by atoms with van der Waals surface area (Å²) in [5.41, 5.74) is -0.705. The number of carbonyl (C=O) groups is 3. The van der Waals surface area contributed by atoms with E-state index in [4.69, 9.17) is 16.3 Å². The molecule has 4 aromatic carbocycles. The zero-order chi connectivity index (χ0) is 28.6. The van der Waals surface area contributed by atoms with Crippen LogP contribution in [0.4, 0.5) is 23.7 Å². The van der Waals surface area contributed by atoms with Crippen LogP contribution in [0.1, 0.15) is 16.7 Å². The van der Waals surface area contributed by atoms with Crippen molar-refractivity contribution >= 4 is 67.9 Å². The van der Waals surface area contributed by atoms with Crippen LogP contribution in [0.25, 0.3) is 16.8 Å². The number of urea groups is 1. The minimum absolute atomic E-state index is 0.277. The molecule has 6 nitrogen and oxygen atoms in total. The summed E-state index contributed by atoms with van der Waals surface area (Å²) in [5, 5.41) is 3.84. The number of fused-ring (bicyclic) bond motifs is 1. The average molecular weight is 630 g/mol. The van der Waals surface area contributed by atoms with Gasteiger partial charge in [-0.15, -0.1) is 0 Å². The van der Waals surface area contributed by atoms with Crippen molar-refractivity contribution in [2.45, 2.75) is 12.8 Å². The molecule has 202 valence electrons. The fourth-order valence-corrected chi connectivity index (χ4v) is 4.91. The molecule has 1 aliphatic heterocycles. The predicted molar refractivity (Wildman–Crippen MR) is 148 cm³/mol. The minimum atomic E-state index is -4.74. The normalized spacial score (nSPS) is 15.1. The number of carbonyl (C=O) groups excluding carboxylic acids is 3. The monoisotopic (exact) mass is 628 g/mol. The number of amides is 4. The third-order valence-electron chi connectivity index (χ3n) is 6.15. The van der Waals surface area contributed by atoms with E-state index in [-0.39, 0.29) is 11.6 Å². The number of halogens is 5. The molecule has 1 fully saturated rings. The van der Waals surface area contributed by atoms with Crippen LogP contribution >= 0.6 is 27.5 Å². The molecule has 0 unspecified atom stereocenters. The van der Waals surface area contributed by atoms with E-state index < -0.39 is 40.8 Å². The molecule has 0 aromatic heterocycles. The molecule has 4 amide bonds. The molecule has 0 bridgehead atoms. The Morgan fingerprint density at radius 3 is 2.45 bits per heavy atom. The average Bonchev–Trinajstić information content (AvgIpc) is 2.91. The van der Waals surface area contributed by atoms with Gasteiger partial charge in [0.25, 0.3) is 11.8 Å². The maximum atomic E-state index is 13.3. The highest BCUT2D eigenvalue weighted by Gasteiger charge is 2.39. The summed E-state index contributed by atoms with van der Waals surface area (Å²) in [6, 6.07) is 19.7. The second-order valence-corrected chi connectivity index (χ2v) is 10.0. The third kappa shape index (κ3) is 5.45. The summed E-state index contributed by atoms with van der Waals surface area (Å²) in [6.07, 6.45) is -3.52. The molecule has 0 saturated carbocycles. The lowest BCUT2D eigenvalue weighted by Crippen LogP contribution is -2.54. The van der Waals surface area contributed by atoms with Crippen molar-refractivity contribution in [3.05, 3.63) is 111 Å². The molecule has 0 radical (unpaired) electrons. The van der Waals surface area contributed by atoms with Crippen LogP contribution in [0, 0.1) is 0 Å². The van der Waals surface area contributed by atoms with Gasteiger partial charge in [0, 0.05) is 0 Å². The fraction of sp³-hybridized carbons (Fsp3) is 0.0690. The van der Waals surface area contributed by atoms with Crippen molar-refractivity contribution in [1.29, 1.82) is 0 Å². The molecule has 1 aliphatic rings. The second kappa shape index (κ2) is 10.8. The molecule has 0 atom stereocenters. The van der Waals surface area contributed by atoms with E-state index in [2.05, 4.69) is 15.9 Å². The van der Waals surface area contributed by atoms with Crippen molar-refractivity contribution in [2.75, 3.05) is 4.90 Å². The molecule has 40 heavy (non-hydrogen) atoms. The summed E-state index contributed by atoms with van der Waals surface area (Å²) in [7, 11) is 0. The number of rotatable bonds is 5. The van der Waals surface area contributed by atoms with Crippen molar-refractivity contribution in [3.8, 4) is 5.75 Å². The number of anilines is 1. The number of hydrogen-bond donors (Lipinski definition) is 1. The van der Waals surface area contributed by atoms with Crippen LogP contribution in [-0.4, -0.2) is 17.8 Å². The van der Waals surface area contributed by atoms with Gasteiger partial charge >= 0.3 is 12.2 Å². The van der Waals surface area contributed by atoms with E-state index in [0.29, 0.717) is 26.8 Å². The van der Waals surface area contributed by atoms with Crippen LogP contribution in [0.2, 0.25) is 5.02 Å². The lowest BCUT2D eigenvalue weighted by molar-refractivity contribution is -0.137. The SMILES string of the molecule is O=C1NC(=O)N(c2cc(C(F)(F)F)ccc2Cl)C(=O)/C1=C\c1ccc(OCc2cccc3ccccc23)c(Br)c1. The number of imide groups is 2. The van der Waals surface area contributed by atoms with E-state index >= 15 is 0 Å². The number of ether oxygens (including phenoxy) is 1. The van der Waals surface area contributed by atoms with Crippen molar-refractivity contribution in [2.24, 2.45) is 0 Å². The zero-order valence-electron chi connectivity index (χ0n) is 20.3. The van der Waals surface area contributed by atoms with Gasteiger partial charge in [-0.25, -0.2) is 9.69 Å². The Kier molecular flexibility index (Phi) is 7.39. The number of nitrogens with zero attached hydrogens (tertiary/aromatic N) is 1. The molecule has 11 heteroatoms. The first kappa shape index (κ1) is 27.4. The van der Waals surface area contributed by atoms with E-state index in [9.17, 15) is 27.6 Å². The van der Waals surface area contributed by atoms with Crippen molar-refractivity contribution in [1.82, 2.24) is 5.32 Å². The molecule has 1 heterocycles. The van der Waals surface area contributed by atoms with Gasteiger partial charge in [-0.1, -0.05) is 60.1 Å². The number of alkyl halides is 3. The number of barbiturate groups is 1. The Morgan fingerprint density at radius 2 is 1.70 bits per heavy atom. The number of benzene rings is 4. The summed E-state index contributed by atoms with van der Waals surface area (Å²) in [4.78, 5) is 38.6. The molecule has 0 aliphatic carbocycles. The Morgan fingerprint density at radius 1 is 0.950 bits per heavy atom. The van der Waals surface area contributed by atoms with E-state index in [0.717, 1.165) is 28.5 Å². The standard InChI is InChI=1S/C29H17BrClF3N2O4/c30-22-13-16(8-11-25(22)40-15-18-6-3-5-17-4-1-2-7-20(17)18)12-21-26(37)35-28(39)36(27(21)38)24-14-19(29(32,33)34)9-10-23(24)31/h1-14H,15H2,(H,35,37,39)/b21-12-. The Labute approximate surface area is 239 Å². The van der Waals surface area contributed by atoms with Crippen molar-refractivity contribution < 1.29 is 32.3 Å². The highest BCUT2D eigenvalue weighted by atomic mass is 79.9. The summed E-state index contributed by atoms with van der Waals surface area (Å²) >= 11 is 9.46. The largest absolute Gasteiger partial charge is 0.488 e. The Balaban J connectivity index is 1.40. The molecule has 4 aromatic rings. The third-order valence-corrected chi connectivity index (χ3v) is 7.09. The van der Waals surface area contributed by atoms with E-state index in [1.165, 1.54) is 6.08 Å². The minimum Gasteiger partial charge on any atom is -0.488 e. The van der Waals surface area contributed by atoms with Gasteiger partial charge in [-0.2, -0.15) is 13.2 Å². The van der Waals surface area contributed by atoms with E-state index in [1.807, 2.05) is 47.8 Å². The first-order chi connectivity index (χ1) is 19.0. The summed E-state index contributed by atoms with van der Waals surface area (Å²) < 4.78 is 46.3. The van der Waals surface area contributed by atoms with Crippen LogP contribution in [0.3, 0.4) is 0 Å². The van der Waals surface area contributed by atoms with Gasteiger partial charge < -0.3 is 4.74 Å². The highest BCUT2D eigenvalue weighted by Crippen LogP contribution is 2.37. The quantitative estimate of drug-likeness (QED) is 0.183. The van der Waals surface area contributed by atoms with Gasteiger partial charge in [0.1, 0.15) is 17.9 Å².